The average molecular weight is 292 g/mol. The van der Waals surface area contributed by atoms with Crippen LogP contribution in [0, 0.1) is 5.82 Å². The second-order valence-electron chi connectivity index (χ2n) is 4.97. The Bertz CT molecular complexity index is 898. The molecule has 5 heteroatoms. The van der Waals surface area contributed by atoms with Crippen LogP contribution < -0.4 is 4.90 Å². The first-order valence-corrected chi connectivity index (χ1v) is 6.70. The van der Waals surface area contributed by atoms with Crippen molar-refractivity contribution in [3.63, 3.8) is 0 Å². The minimum Gasteiger partial charge on any atom is -0.268 e. The molecule has 4 nitrogen and oxygen atoms in total. The van der Waals surface area contributed by atoms with Gasteiger partial charge in [-0.25, -0.2) is 14.3 Å². The van der Waals surface area contributed by atoms with Gasteiger partial charge in [0.15, 0.2) is 0 Å². The maximum Gasteiger partial charge on any atom is 0.284 e. The molecule has 0 radical (unpaired) electrons. The van der Waals surface area contributed by atoms with Gasteiger partial charge in [-0.05, 0) is 24.3 Å². The van der Waals surface area contributed by atoms with Gasteiger partial charge in [0, 0.05) is 5.39 Å². The van der Waals surface area contributed by atoms with Gasteiger partial charge in [-0.3, -0.25) is 9.59 Å². The minimum absolute atomic E-state index is 0.0560. The van der Waals surface area contributed by atoms with Crippen LogP contribution in [0.2, 0.25) is 0 Å². The van der Waals surface area contributed by atoms with Gasteiger partial charge in [0.05, 0.1) is 16.8 Å². The molecule has 3 aromatic rings. The highest BCUT2D eigenvalue weighted by atomic mass is 19.1. The Morgan fingerprint density at radius 3 is 2.45 bits per heavy atom. The van der Waals surface area contributed by atoms with Gasteiger partial charge in [0.25, 0.3) is 11.8 Å². The minimum atomic E-state index is -0.624. The maximum absolute atomic E-state index is 13.9. The van der Waals surface area contributed by atoms with Gasteiger partial charge in [0.1, 0.15) is 11.5 Å². The summed E-state index contributed by atoms with van der Waals surface area (Å²) >= 11 is 0. The summed E-state index contributed by atoms with van der Waals surface area (Å²) in [5, 5.41) is 0.762. The van der Waals surface area contributed by atoms with E-state index >= 15 is 0 Å². The molecule has 2 amide bonds. The molecule has 1 aliphatic heterocycles. The number of hydrogen-bond donors (Lipinski definition) is 0. The van der Waals surface area contributed by atoms with Crippen LogP contribution in [0.15, 0.2) is 54.6 Å². The number of para-hydroxylation sites is 2. The van der Waals surface area contributed by atoms with Crippen LogP contribution in [-0.4, -0.2) is 16.8 Å². The molecule has 1 aliphatic rings. The van der Waals surface area contributed by atoms with Crippen LogP contribution >= 0.6 is 0 Å². The summed E-state index contributed by atoms with van der Waals surface area (Å²) in [6.07, 6.45) is 0. The van der Waals surface area contributed by atoms with Crippen molar-refractivity contribution in [2.45, 2.75) is 0 Å². The van der Waals surface area contributed by atoms with E-state index in [2.05, 4.69) is 4.98 Å². The van der Waals surface area contributed by atoms with Gasteiger partial charge in [-0.15, -0.1) is 0 Å². The first-order chi connectivity index (χ1) is 10.7. The second-order valence-corrected chi connectivity index (χ2v) is 4.97. The van der Waals surface area contributed by atoms with Crippen LogP contribution in [0.5, 0.6) is 0 Å². The number of halogens is 1. The molecule has 22 heavy (non-hydrogen) atoms. The molecule has 0 atom stereocenters. The van der Waals surface area contributed by atoms with Crippen LogP contribution in [0.4, 0.5) is 10.1 Å². The molecule has 2 aromatic carbocycles. The number of pyridine rings is 1. The Balaban J connectivity index is 1.93. The van der Waals surface area contributed by atoms with Gasteiger partial charge in [-0.1, -0.05) is 30.3 Å². The van der Waals surface area contributed by atoms with Crippen molar-refractivity contribution in [1.29, 1.82) is 0 Å². The van der Waals surface area contributed by atoms with E-state index in [1.54, 1.807) is 24.3 Å². The third-order valence-electron chi connectivity index (χ3n) is 3.66. The molecule has 2 heterocycles. The number of carbonyl (C=O) groups excluding carboxylic acids is 2. The molecule has 0 saturated heterocycles. The molecule has 0 spiro atoms. The fourth-order valence-electron chi connectivity index (χ4n) is 2.61. The summed E-state index contributed by atoms with van der Waals surface area (Å²) < 4.78 is 13.9. The van der Waals surface area contributed by atoms with Crippen molar-refractivity contribution < 1.29 is 14.0 Å². The Labute approximate surface area is 124 Å². The van der Waals surface area contributed by atoms with E-state index in [-0.39, 0.29) is 16.9 Å². The lowest BCUT2D eigenvalue weighted by Gasteiger charge is -2.13. The molecule has 0 N–H and O–H groups in total. The summed E-state index contributed by atoms with van der Waals surface area (Å²) in [4.78, 5) is 30.1. The smallest absolute Gasteiger partial charge is 0.268 e. The van der Waals surface area contributed by atoms with Crippen LogP contribution in [0.3, 0.4) is 0 Å². The maximum atomic E-state index is 13.9. The van der Waals surface area contributed by atoms with E-state index in [1.165, 1.54) is 18.2 Å². The number of rotatable bonds is 1. The topological polar surface area (TPSA) is 50.3 Å². The van der Waals surface area contributed by atoms with Gasteiger partial charge in [-0.2, -0.15) is 0 Å². The van der Waals surface area contributed by atoms with Crippen LogP contribution in [-0.2, 0) is 0 Å². The van der Waals surface area contributed by atoms with E-state index in [1.807, 2.05) is 12.1 Å². The SMILES string of the molecule is O=C1c2cc3ccccc3nc2C(=O)N1c1ccccc1F. The number of amides is 2. The third kappa shape index (κ3) is 1.65. The second kappa shape index (κ2) is 4.46. The first-order valence-electron chi connectivity index (χ1n) is 6.70. The molecule has 0 unspecified atom stereocenters. The number of nitrogens with zero attached hydrogens (tertiary/aromatic N) is 2. The highest BCUT2D eigenvalue weighted by molar-refractivity contribution is 6.34. The van der Waals surface area contributed by atoms with E-state index in [9.17, 15) is 14.0 Å². The predicted molar refractivity (Wildman–Crippen MR) is 79.3 cm³/mol. The van der Waals surface area contributed by atoms with Crippen LogP contribution in [0.1, 0.15) is 20.8 Å². The number of fused-ring (bicyclic) bond motifs is 2. The molecule has 1 aromatic heterocycles. The Morgan fingerprint density at radius 2 is 1.64 bits per heavy atom. The van der Waals surface area contributed by atoms with E-state index in [4.69, 9.17) is 0 Å². The van der Waals surface area contributed by atoms with Gasteiger partial charge >= 0.3 is 0 Å². The number of aromatic nitrogens is 1. The summed E-state index contributed by atoms with van der Waals surface area (Å²) in [5.41, 5.74) is 0.830. The Kier molecular flexibility index (Phi) is 2.56. The number of benzene rings is 2. The normalized spacial score (nSPS) is 13.8. The number of hydrogen-bond acceptors (Lipinski definition) is 3. The molecule has 0 bridgehead atoms. The van der Waals surface area contributed by atoms with E-state index in [0.717, 1.165) is 10.3 Å². The van der Waals surface area contributed by atoms with Crippen molar-refractivity contribution in [1.82, 2.24) is 4.98 Å². The average Bonchev–Trinajstić information content (AvgIpc) is 2.77. The zero-order valence-corrected chi connectivity index (χ0v) is 11.3. The quantitative estimate of drug-likeness (QED) is 0.647. The number of carbonyl (C=O) groups is 2. The zero-order valence-electron chi connectivity index (χ0n) is 11.3. The Hall–Kier alpha value is -3.08. The van der Waals surface area contributed by atoms with Gasteiger partial charge < -0.3 is 0 Å². The molecule has 106 valence electrons. The molecule has 4 rings (SSSR count). The highest BCUT2D eigenvalue weighted by Gasteiger charge is 2.39. The van der Waals surface area contributed by atoms with Crippen LogP contribution in [0.25, 0.3) is 10.9 Å². The van der Waals surface area contributed by atoms with E-state index < -0.39 is 17.6 Å². The molecule has 0 saturated carbocycles. The monoisotopic (exact) mass is 292 g/mol. The lowest BCUT2D eigenvalue weighted by Crippen LogP contribution is -2.30. The largest absolute Gasteiger partial charge is 0.284 e. The standard InChI is InChI=1S/C17H9FN2O2/c18-12-6-2-4-8-14(12)20-16(21)11-9-10-5-1-3-7-13(10)19-15(11)17(20)22/h1-9H. The Morgan fingerprint density at radius 1 is 0.909 bits per heavy atom. The fraction of sp³-hybridized carbons (Fsp3) is 0. The van der Waals surface area contributed by atoms with Crippen molar-refractivity contribution in [3.05, 3.63) is 71.7 Å². The summed E-state index contributed by atoms with van der Waals surface area (Å²) in [7, 11) is 0. The van der Waals surface area contributed by atoms with Crippen molar-refractivity contribution in [2.75, 3.05) is 4.90 Å². The zero-order chi connectivity index (χ0) is 15.3. The summed E-state index contributed by atoms with van der Waals surface area (Å²) in [6, 6.07) is 14.5. The molecular weight excluding hydrogens is 283 g/mol. The van der Waals surface area contributed by atoms with Crippen molar-refractivity contribution in [2.24, 2.45) is 0 Å². The highest BCUT2D eigenvalue weighted by Crippen LogP contribution is 2.30. The number of anilines is 1. The molecular formula is C17H9FN2O2. The van der Waals surface area contributed by atoms with Crippen molar-refractivity contribution in [3.8, 4) is 0 Å². The first kappa shape index (κ1) is 12.6. The third-order valence-corrected chi connectivity index (χ3v) is 3.66. The van der Waals surface area contributed by atoms with Gasteiger partial charge in [0.2, 0.25) is 0 Å². The lowest BCUT2D eigenvalue weighted by molar-refractivity contribution is 0.0923. The summed E-state index contributed by atoms with van der Waals surface area (Å²) in [5.74, 6) is -1.78. The lowest BCUT2D eigenvalue weighted by atomic mass is 10.1. The molecule has 0 fully saturated rings. The summed E-state index contributed by atoms with van der Waals surface area (Å²) in [6.45, 7) is 0. The predicted octanol–water partition coefficient (Wildman–Crippen LogP) is 3.17. The fourth-order valence-corrected chi connectivity index (χ4v) is 2.61. The van der Waals surface area contributed by atoms with E-state index in [0.29, 0.717) is 5.52 Å². The van der Waals surface area contributed by atoms with Crippen molar-refractivity contribution >= 4 is 28.4 Å². The number of imide groups is 1. The molecule has 0 aliphatic carbocycles.